The molecule has 0 aliphatic carbocycles. The van der Waals surface area contributed by atoms with E-state index < -0.39 is 11.9 Å². The zero-order valence-electron chi connectivity index (χ0n) is 17.6. The number of pyridine rings is 1. The molecular weight excluding hydrogens is 432 g/mol. The third-order valence-corrected chi connectivity index (χ3v) is 5.08. The zero-order valence-corrected chi connectivity index (χ0v) is 17.6. The van der Waals surface area contributed by atoms with E-state index in [0.29, 0.717) is 37.4 Å². The molecule has 1 fully saturated rings. The van der Waals surface area contributed by atoms with Crippen LogP contribution in [-0.2, 0) is 11.3 Å². The molecule has 1 aromatic heterocycles. The third kappa shape index (κ3) is 5.50. The van der Waals surface area contributed by atoms with E-state index >= 15 is 0 Å². The molecule has 0 bridgehead atoms. The monoisotopic (exact) mass is 453 g/mol. The highest BCUT2D eigenvalue weighted by atomic mass is 19.1. The molecule has 0 saturated carbocycles. The number of benzene rings is 2. The molecule has 33 heavy (non-hydrogen) atoms. The summed E-state index contributed by atoms with van der Waals surface area (Å²) in [5, 5.41) is 2.47. The lowest BCUT2D eigenvalue weighted by molar-refractivity contribution is 0.0303. The quantitative estimate of drug-likeness (QED) is 0.576. The Kier molecular flexibility index (Phi) is 6.89. The number of hydrogen-bond donors (Lipinski definition) is 1. The highest BCUT2D eigenvalue weighted by Gasteiger charge is 2.22. The van der Waals surface area contributed by atoms with Crippen LogP contribution >= 0.6 is 0 Å². The van der Waals surface area contributed by atoms with Crippen molar-refractivity contribution in [3.05, 3.63) is 89.2 Å². The van der Waals surface area contributed by atoms with Crippen molar-refractivity contribution in [3.8, 4) is 5.75 Å². The number of ether oxygens (including phenoxy) is 2. The second-order valence-corrected chi connectivity index (χ2v) is 7.33. The standard InChI is InChI=1S/C24H21F2N3O4/c25-18-6-3-16(4-7-18)15-33-21-8-5-17(24(31)29-10-12-32-13-11-29)14-19(21)23(30)28-20-2-1-9-27-22(20)26/h1-9,14H,10-13,15H2,(H,28,30). The van der Waals surface area contributed by atoms with Crippen LogP contribution in [0.5, 0.6) is 5.75 Å². The van der Waals surface area contributed by atoms with E-state index in [1.54, 1.807) is 23.1 Å². The summed E-state index contributed by atoms with van der Waals surface area (Å²) in [4.78, 5) is 31.1. The normalized spacial score (nSPS) is 13.5. The van der Waals surface area contributed by atoms with Crippen LogP contribution in [0.1, 0.15) is 26.3 Å². The van der Waals surface area contributed by atoms with E-state index in [-0.39, 0.29) is 35.3 Å². The summed E-state index contributed by atoms with van der Waals surface area (Å²) < 4.78 is 38.2. The van der Waals surface area contributed by atoms with Crippen molar-refractivity contribution in [1.82, 2.24) is 9.88 Å². The number of carbonyl (C=O) groups is 2. The number of halogens is 2. The van der Waals surface area contributed by atoms with Crippen molar-refractivity contribution in [2.24, 2.45) is 0 Å². The Morgan fingerprint density at radius 1 is 1.06 bits per heavy atom. The van der Waals surface area contributed by atoms with Crippen molar-refractivity contribution < 1.29 is 27.8 Å². The van der Waals surface area contributed by atoms with Gasteiger partial charge in [-0.15, -0.1) is 0 Å². The molecule has 4 rings (SSSR count). The maximum absolute atomic E-state index is 14.0. The lowest BCUT2D eigenvalue weighted by Crippen LogP contribution is -2.40. The Bertz CT molecular complexity index is 1150. The van der Waals surface area contributed by atoms with Gasteiger partial charge in [0.05, 0.1) is 24.5 Å². The molecule has 2 amide bonds. The average molecular weight is 453 g/mol. The van der Waals surface area contributed by atoms with Gasteiger partial charge in [-0.2, -0.15) is 4.39 Å². The van der Waals surface area contributed by atoms with E-state index in [9.17, 15) is 18.4 Å². The van der Waals surface area contributed by atoms with Crippen LogP contribution in [0.15, 0.2) is 60.8 Å². The minimum absolute atomic E-state index is 0.0551. The molecule has 1 aliphatic heterocycles. The van der Waals surface area contributed by atoms with Gasteiger partial charge in [-0.25, -0.2) is 9.37 Å². The van der Waals surface area contributed by atoms with Gasteiger partial charge in [0.25, 0.3) is 11.8 Å². The second kappa shape index (κ2) is 10.2. The summed E-state index contributed by atoms with van der Waals surface area (Å²) in [5.41, 5.74) is 0.939. The van der Waals surface area contributed by atoms with Crippen LogP contribution in [0.25, 0.3) is 0 Å². The Morgan fingerprint density at radius 2 is 1.82 bits per heavy atom. The first-order valence-corrected chi connectivity index (χ1v) is 10.3. The van der Waals surface area contributed by atoms with Crippen LogP contribution in [-0.4, -0.2) is 48.0 Å². The van der Waals surface area contributed by atoms with Crippen LogP contribution in [0, 0.1) is 11.8 Å². The number of nitrogens with one attached hydrogen (secondary N) is 1. The molecule has 0 radical (unpaired) electrons. The van der Waals surface area contributed by atoms with Crippen molar-refractivity contribution in [2.45, 2.75) is 6.61 Å². The first-order valence-electron chi connectivity index (χ1n) is 10.3. The Hall–Kier alpha value is -3.85. The highest BCUT2D eigenvalue weighted by Crippen LogP contribution is 2.24. The van der Waals surface area contributed by atoms with Gasteiger partial charge < -0.3 is 19.7 Å². The largest absolute Gasteiger partial charge is 0.488 e. The van der Waals surface area contributed by atoms with Crippen LogP contribution in [0.3, 0.4) is 0 Å². The van der Waals surface area contributed by atoms with Crippen LogP contribution in [0.2, 0.25) is 0 Å². The molecule has 0 atom stereocenters. The van der Waals surface area contributed by atoms with Gasteiger partial charge in [0.15, 0.2) is 0 Å². The summed E-state index contributed by atoms with van der Waals surface area (Å²) in [6.45, 7) is 1.85. The molecule has 170 valence electrons. The number of rotatable bonds is 6. The van der Waals surface area contributed by atoms with Gasteiger partial charge in [0.1, 0.15) is 18.2 Å². The second-order valence-electron chi connectivity index (χ2n) is 7.33. The minimum atomic E-state index is -0.833. The smallest absolute Gasteiger partial charge is 0.259 e. The van der Waals surface area contributed by atoms with Gasteiger partial charge in [-0.05, 0) is 48.0 Å². The molecule has 9 heteroatoms. The third-order valence-electron chi connectivity index (χ3n) is 5.08. The van der Waals surface area contributed by atoms with Crippen molar-refractivity contribution >= 4 is 17.5 Å². The van der Waals surface area contributed by atoms with E-state index in [1.807, 2.05) is 0 Å². The first kappa shape index (κ1) is 22.3. The molecule has 3 aromatic rings. The van der Waals surface area contributed by atoms with E-state index in [0.717, 1.165) is 0 Å². The predicted octanol–water partition coefficient (Wildman–Crippen LogP) is 3.66. The summed E-state index contributed by atoms with van der Waals surface area (Å²) in [5.74, 6) is -1.92. The lowest BCUT2D eigenvalue weighted by Gasteiger charge is -2.27. The molecule has 0 unspecified atom stereocenters. The van der Waals surface area contributed by atoms with Crippen LogP contribution < -0.4 is 10.1 Å². The number of aromatic nitrogens is 1. The fourth-order valence-corrected chi connectivity index (χ4v) is 3.33. The SMILES string of the molecule is O=C(Nc1cccnc1F)c1cc(C(=O)N2CCOCC2)ccc1OCc1ccc(F)cc1. The van der Waals surface area contributed by atoms with E-state index in [4.69, 9.17) is 9.47 Å². The average Bonchev–Trinajstić information content (AvgIpc) is 2.85. The highest BCUT2D eigenvalue weighted by molar-refractivity contribution is 6.08. The predicted molar refractivity (Wildman–Crippen MR) is 116 cm³/mol. The summed E-state index contributed by atoms with van der Waals surface area (Å²) >= 11 is 0. The Labute approximate surface area is 189 Å². The fourth-order valence-electron chi connectivity index (χ4n) is 3.33. The van der Waals surface area contributed by atoms with Crippen molar-refractivity contribution in [3.63, 3.8) is 0 Å². The topological polar surface area (TPSA) is 80.8 Å². The van der Waals surface area contributed by atoms with Crippen molar-refractivity contribution in [2.75, 3.05) is 31.6 Å². The molecular formula is C24H21F2N3O4. The summed E-state index contributed by atoms with van der Waals surface area (Å²) in [6.07, 6.45) is 1.27. The van der Waals surface area contributed by atoms with Crippen molar-refractivity contribution in [1.29, 1.82) is 0 Å². The number of anilines is 1. The fraction of sp³-hybridized carbons (Fsp3) is 0.208. The van der Waals surface area contributed by atoms with E-state index in [2.05, 4.69) is 10.3 Å². The number of hydrogen-bond acceptors (Lipinski definition) is 5. The van der Waals surface area contributed by atoms with Gasteiger partial charge >= 0.3 is 0 Å². The van der Waals surface area contributed by atoms with Gasteiger partial charge in [0, 0.05) is 24.8 Å². The zero-order chi connectivity index (χ0) is 23.2. The molecule has 2 heterocycles. The summed E-state index contributed by atoms with van der Waals surface area (Å²) in [7, 11) is 0. The number of carbonyl (C=O) groups excluding carboxylic acids is 2. The lowest BCUT2D eigenvalue weighted by atomic mass is 10.1. The number of morpholine rings is 1. The molecule has 1 saturated heterocycles. The number of nitrogens with zero attached hydrogens (tertiary/aromatic N) is 2. The first-order chi connectivity index (χ1) is 16.0. The minimum Gasteiger partial charge on any atom is -0.488 e. The van der Waals surface area contributed by atoms with Gasteiger partial charge in [-0.1, -0.05) is 12.1 Å². The Balaban J connectivity index is 1.61. The molecule has 1 N–H and O–H groups in total. The van der Waals surface area contributed by atoms with Gasteiger partial charge in [0.2, 0.25) is 5.95 Å². The number of amides is 2. The molecule has 1 aliphatic rings. The summed E-state index contributed by atoms with van der Waals surface area (Å²) in [6, 6.07) is 13.1. The molecule has 7 nitrogen and oxygen atoms in total. The maximum Gasteiger partial charge on any atom is 0.259 e. The molecule has 0 spiro atoms. The maximum atomic E-state index is 14.0. The van der Waals surface area contributed by atoms with Gasteiger partial charge in [-0.3, -0.25) is 9.59 Å². The molecule has 2 aromatic carbocycles. The van der Waals surface area contributed by atoms with Crippen LogP contribution in [0.4, 0.5) is 14.5 Å². The Morgan fingerprint density at radius 3 is 2.55 bits per heavy atom. The van der Waals surface area contributed by atoms with E-state index in [1.165, 1.54) is 42.6 Å².